The third kappa shape index (κ3) is 3.81. The van der Waals surface area contributed by atoms with Crippen LogP contribution in [-0.2, 0) is 19.6 Å². The van der Waals surface area contributed by atoms with Crippen LogP contribution in [-0.4, -0.2) is 27.5 Å². The SMILES string of the molecule is CCOC(=O)CNS(=O)(=O)c1ccc(C#N)s1. The molecule has 1 N–H and O–H groups in total. The molecule has 1 aromatic heterocycles. The van der Waals surface area contributed by atoms with Crippen LogP contribution in [0.1, 0.15) is 11.8 Å². The lowest BCUT2D eigenvalue weighted by molar-refractivity contribution is -0.141. The highest BCUT2D eigenvalue weighted by Crippen LogP contribution is 2.20. The molecule has 0 spiro atoms. The molecule has 0 fully saturated rings. The Morgan fingerprint density at radius 2 is 2.29 bits per heavy atom. The number of rotatable bonds is 5. The van der Waals surface area contributed by atoms with Crippen LogP contribution in [0.15, 0.2) is 16.3 Å². The minimum absolute atomic E-state index is 0.00153. The number of nitrogens with zero attached hydrogens (tertiary/aromatic N) is 1. The number of nitrogens with one attached hydrogen (secondary N) is 1. The van der Waals surface area contributed by atoms with Crippen molar-refractivity contribution in [3.63, 3.8) is 0 Å². The molecule has 0 amide bonds. The Morgan fingerprint density at radius 3 is 2.82 bits per heavy atom. The van der Waals surface area contributed by atoms with Crippen molar-refractivity contribution in [2.75, 3.05) is 13.2 Å². The van der Waals surface area contributed by atoms with Crippen molar-refractivity contribution < 1.29 is 17.9 Å². The molecule has 0 saturated heterocycles. The van der Waals surface area contributed by atoms with E-state index in [-0.39, 0.29) is 10.8 Å². The molecular weight excluding hydrogens is 264 g/mol. The number of ether oxygens (including phenoxy) is 1. The standard InChI is InChI=1S/C9H10N2O4S2/c1-2-15-8(12)6-11-17(13,14)9-4-3-7(5-10)16-9/h3-4,11H,2,6H2,1H3. The van der Waals surface area contributed by atoms with Gasteiger partial charge >= 0.3 is 5.97 Å². The molecule has 8 heteroatoms. The quantitative estimate of drug-likeness (QED) is 0.787. The summed E-state index contributed by atoms with van der Waals surface area (Å²) in [6, 6.07) is 4.56. The summed E-state index contributed by atoms with van der Waals surface area (Å²) in [5.74, 6) is -0.645. The Kier molecular flexibility index (Phi) is 4.62. The molecule has 1 heterocycles. The van der Waals surface area contributed by atoms with Gasteiger partial charge in [-0.05, 0) is 19.1 Å². The Bertz CT molecular complexity index is 542. The number of sulfonamides is 1. The fourth-order valence-electron chi connectivity index (χ4n) is 0.962. The number of thiophene rings is 1. The third-order valence-corrected chi connectivity index (χ3v) is 4.55. The van der Waals surface area contributed by atoms with Gasteiger partial charge in [0, 0.05) is 0 Å². The van der Waals surface area contributed by atoms with E-state index in [0.29, 0.717) is 4.88 Å². The molecule has 0 unspecified atom stereocenters. The van der Waals surface area contributed by atoms with Crippen molar-refractivity contribution >= 4 is 27.3 Å². The zero-order valence-electron chi connectivity index (χ0n) is 8.97. The molecule has 92 valence electrons. The molecule has 1 rings (SSSR count). The van der Waals surface area contributed by atoms with E-state index in [2.05, 4.69) is 9.46 Å². The predicted molar refractivity (Wildman–Crippen MR) is 60.9 cm³/mol. The molecular formula is C9H10N2O4S2. The maximum atomic E-state index is 11.7. The number of carbonyl (C=O) groups excluding carboxylic acids is 1. The van der Waals surface area contributed by atoms with Gasteiger partial charge in [-0.3, -0.25) is 4.79 Å². The maximum absolute atomic E-state index is 11.7. The van der Waals surface area contributed by atoms with Gasteiger partial charge in [-0.1, -0.05) is 0 Å². The van der Waals surface area contributed by atoms with Crippen LogP contribution in [0, 0.1) is 11.3 Å². The highest BCUT2D eigenvalue weighted by Gasteiger charge is 2.18. The molecule has 0 radical (unpaired) electrons. The van der Waals surface area contributed by atoms with Gasteiger partial charge in [0.2, 0.25) is 0 Å². The Labute approximate surface area is 103 Å². The second-order valence-electron chi connectivity index (χ2n) is 2.86. The first kappa shape index (κ1) is 13.6. The van der Waals surface area contributed by atoms with Crippen molar-refractivity contribution in [2.24, 2.45) is 0 Å². The number of nitriles is 1. The average Bonchev–Trinajstić information content (AvgIpc) is 2.76. The molecule has 0 aliphatic carbocycles. The Morgan fingerprint density at radius 1 is 1.59 bits per heavy atom. The van der Waals surface area contributed by atoms with Crippen molar-refractivity contribution in [3.05, 3.63) is 17.0 Å². The topological polar surface area (TPSA) is 96.3 Å². The molecule has 0 aromatic carbocycles. The van der Waals surface area contributed by atoms with E-state index in [1.165, 1.54) is 12.1 Å². The lowest BCUT2D eigenvalue weighted by Gasteiger charge is -2.03. The summed E-state index contributed by atoms with van der Waals surface area (Å²) < 4.78 is 30.0. The van der Waals surface area contributed by atoms with Crippen LogP contribution in [0.4, 0.5) is 0 Å². The van der Waals surface area contributed by atoms with Crippen LogP contribution in [0.5, 0.6) is 0 Å². The van der Waals surface area contributed by atoms with Gasteiger partial charge in [0.05, 0.1) is 6.61 Å². The van der Waals surface area contributed by atoms with Crippen LogP contribution in [0.3, 0.4) is 0 Å². The first-order chi connectivity index (χ1) is 7.99. The number of carbonyl (C=O) groups is 1. The second-order valence-corrected chi connectivity index (χ2v) is 5.94. The lowest BCUT2D eigenvalue weighted by atomic mass is 10.5. The predicted octanol–water partition coefficient (Wildman–Crippen LogP) is 0.461. The van der Waals surface area contributed by atoms with Crippen molar-refractivity contribution in [1.29, 1.82) is 5.26 Å². The molecule has 0 atom stereocenters. The summed E-state index contributed by atoms with van der Waals surface area (Å²) in [6.45, 7) is 1.40. The van der Waals surface area contributed by atoms with E-state index in [1.54, 1.807) is 6.92 Å². The monoisotopic (exact) mass is 274 g/mol. The van der Waals surface area contributed by atoms with Gasteiger partial charge < -0.3 is 4.74 Å². The van der Waals surface area contributed by atoms with Gasteiger partial charge in [-0.2, -0.15) is 9.98 Å². The van der Waals surface area contributed by atoms with Crippen molar-refractivity contribution in [3.8, 4) is 6.07 Å². The third-order valence-electron chi connectivity index (χ3n) is 1.67. The van der Waals surface area contributed by atoms with Crippen molar-refractivity contribution in [1.82, 2.24) is 4.72 Å². The maximum Gasteiger partial charge on any atom is 0.321 e. The van der Waals surface area contributed by atoms with E-state index in [9.17, 15) is 13.2 Å². The summed E-state index contributed by atoms with van der Waals surface area (Å²) in [5.41, 5.74) is 0. The summed E-state index contributed by atoms with van der Waals surface area (Å²) >= 11 is 0.841. The first-order valence-corrected chi connectivity index (χ1v) is 6.94. The highest BCUT2D eigenvalue weighted by molar-refractivity contribution is 7.91. The van der Waals surface area contributed by atoms with E-state index in [1.807, 2.05) is 6.07 Å². The van der Waals surface area contributed by atoms with E-state index >= 15 is 0 Å². The van der Waals surface area contributed by atoms with Gasteiger partial charge in [0.15, 0.2) is 0 Å². The van der Waals surface area contributed by atoms with Crippen LogP contribution < -0.4 is 4.72 Å². The average molecular weight is 274 g/mol. The molecule has 6 nitrogen and oxygen atoms in total. The summed E-state index contributed by atoms with van der Waals surface area (Å²) in [6.07, 6.45) is 0. The first-order valence-electron chi connectivity index (χ1n) is 4.65. The zero-order chi connectivity index (χ0) is 12.9. The number of hydrogen-bond acceptors (Lipinski definition) is 6. The molecule has 17 heavy (non-hydrogen) atoms. The molecule has 0 aliphatic heterocycles. The van der Waals surface area contributed by atoms with E-state index in [4.69, 9.17) is 5.26 Å². The second kappa shape index (κ2) is 5.77. The normalized spacial score (nSPS) is 10.8. The van der Waals surface area contributed by atoms with Gasteiger partial charge in [-0.25, -0.2) is 8.42 Å². The largest absolute Gasteiger partial charge is 0.465 e. The molecule has 1 aromatic rings. The molecule has 0 aliphatic rings. The van der Waals surface area contributed by atoms with E-state index < -0.39 is 22.5 Å². The zero-order valence-corrected chi connectivity index (χ0v) is 10.6. The molecule has 0 saturated carbocycles. The summed E-state index contributed by atoms with van der Waals surface area (Å²) in [4.78, 5) is 11.3. The Balaban J connectivity index is 2.70. The minimum Gasteiger partial charge on any atom is -0.465 e. The van der Waals surface area contributed by atoms with Crippen LogP contribution in [0.2, 0.25) is 0 Å². The number of hydrogen-bond donors (Lipinski definition) is 1. The fraction of sp³-hybridized carbons (Fsp3) is 0.333. The smallest absolute Gasteiger partial charge is 0.321 e. The lowest BCUT2D eigenvalue weighted by Crippen LogP contribution is -2.30. The Hall–Kier alpha value is -1.43. The summed E-state index contributed by atoms with van der Waals surface area (Å²) in [5, 5.41) is 8.58. The van der Waals surface area contributed by atoms with E-state index in [0.717, 1.165) is 11.3 Å². The molecule has 0 bridgehead atoms. The van der Waals surface area contributed by atoms with Crippen LogP contribution in [0.25, 0.3) is 0 Å². The van der Waals surface area contributed by atoms with Crippen LogP contribution >= 0.6 is 11.3 Å². The van der Waals surface area contributed by atoms with Crippen molar-refractivity contribution in [2.45, 2.75) is 11.1 Å². The summed E-state index contributed by atoms with van der Waals surface area (Å²) in [7, 11) is -3.75. The van der Waals surface area contributed by atoms with Gasteiger partial charge in [0.25, 0.3) is 10.0 Å². The van der Waals surface area contributed by atoms with Gasteiger partial charge in [-0.15, -0.1) is 11.3 Å². The minimum atomic E-state index is -3.75. The fourth-order valence-corrected chi connectivity index (χ4v) is 3.08. The highest BCUT2D eigenvalue weighted by atomic mass is 32.2. The number of esters is 1. The van der Waals surface area contributed by atoms with Gasteiger partial charge in [0.1, 0.15) is 21.7 Å².